The predicted molar refractivity (Wildman–Crippen MR) is 228 cm³/mol. The lowest BCUT2D eigenvalue weighted by Crippen LogP contribution is -2.61. The van der Waals surface area contributed by atoms with Crippen molar-refractivity contribution in [1.82, 2.24) is 0 Å². The molecule has 0 amide bonds. The molecular formula is C46H76O14. The first-order valence-electron chi connectivity index (χ1n) is 22.0. The van der Waals surface area contributed by atoms with E-state index in [1.165, 1.54) is 0 Å². The van der Waals surface area contributed by atoms with Crippen LogP contribution in [-0.4, -0.2) is 142 Å². The highest BCUT2D eigenvalue weighted by Crippen LogP contribution is 2.26. The molecule has 2 rings (SSSR count). The summed E-state index contributed by atoms with van der Waals surface area (Å²) in [4.78, 5) is 12.9. The summed E-state index contributed by atoms with van der Waals surface area (Å²) in [5.74, 6) is -0.418. The van der Waals surface area contributed by atoms with Crippen LogP contribution in [0.2, 0.25) is 0 Å². The average molecular weight is 853 g/mol. The van der Waals surface area contributed by atoms with Crippen molar-refractivity contribution < 1.29 is 69.0 Å². The Kier molecular flexibility index (Phi) is 30.3. The van der Waals surface area contributed by atoms with Crippen molar-refractivity contribution in [3.63, 3.8) is 0 Å². The summed E-state index contributed by atoms with van der Waals surface area (Å²) >= 11 is 0. The number of aliphatic hydroxyl groups is 7. The van der Waals surface area contributed by atoms with Gasteiger partial charge in [0, 0.05) is 6.42 Å². The van der Waals surface area contributed by atoms with Gasteiger partial charge in [-0.1, -0.05) is 112 Å². The van der Waals surface area contributed by atoms with Crippen molar-refractivity contribution >= 4 is 5.97 Å². The Bertz CT molecular complexity index is 1270. The van der Waals surface area contributed by atoms with Gasteiger partial charge in [0.2, 0.25) is 0 Å². The first-order chi connectivity index (χ1) is 29.1. The fourth-order valence-corrected chi connectivity index (χ4v) is 6.35. The topological polar surface area (TPSA) is 214 Å². The number of rotatable bonds is 32. The molecule has 2 aliphatic rings. The van der Waals surface area contributed by atoms with E-state index in [2.05, 4.69) is 80.7 Å². The third kappa shape index (κ3) is 22.5. The maximum atomic E-state index is 12.9. The van der Waals surface area contributed by atoms with Crippen molar-refractivity contribution in [2.24, 2.45) is 0 Å². The summed E-state index contributed by atoms with van der Waals surface area (Å²) < 4.78 is 33.9. The van der Waals surface area contributed by atoms with Crippen LogP contribution in [0.25, 0.3) is 0 Å². The summed E-state index contributed by atoms with van der Waals surface area (Å²) in [5.41, 5.74) is 0. The molecule has 0 aromatic rings. The Hall–Kier alpha value is -2.57. The van der Waals surface area contributed by atoms with Gasteiger partial charge < -0.3 is 64.2 Å². The Labute approximate surface area is 357 Å². The van der Waals surface area contributed by atoms with E-state index < -0.39 is 86.7 Å². The molecule has 11 unspecified atom stereocenters. The van der Waals surface area contributed by atoms with Gasteiger partial charge in [-0.15, -0.1) is 0 Å². The van der Waals surface area contributed by atoms with Crippen LogP contribution in [-0.2, 0) is 33.2 Å². The maximum absolute atomic E-state index is 12.9. The average Bonchev–Trinajstić information content (AvgIpc) is 3.24. The summed E-state index contributed by atoms with van der Waals surface area (Å²) in [5, 5.41) is 71.8. The quantitative estimate of drug-likeness (QED) is 0.0276. The van der Waals surface area contributed by atoms with E-state index >= 15 is 0 Å². The van der Waals surface area contributed by atoms with E-state index in [0.29, 0.717) is 19.4 Å². The fraction of sp³-hybridized carbons (Fsp3) is 0.717. The summed E-state index contributed by atoms with van der Waals surface area (Å²) in [6.45, 7) is 3.22. The molecule has 2 saturated heterocycles. The van der Waals surface area contributed by atoms with E-state index in [-0.39, 0.29) is 19.6 Å². The van der Waals surface area contributed by atoms with E-state index in [4.69, 9.17) is 28.4 Å². The van der Waals surface area contributed by atoms with Crippen LogP contribution in [0.5, 0.6) is 0 Å². The van der Waals surface area contributed by atoms with Crippen molar-refractivity contribution in [3.05, 3.63) is 72.9 Å². The van der Waals surface area contributed by atoms with Gasteiger partial charge >= 0.3 is 5.97 Å². The Morgan fingerprint density at radius 3 is 1.70 bits per heavy atom. The monoisotopic (exact) mass is 853 g/mol. The molecule has 0 aromatic carbocycles. The van der Waals surface area contributed by atoms with E-state index in [1.807, 2.05) is 6.08 Å². The summed E-state index contributed by atoms with van der Waals surface area (Å²) in [6, 6.07) is 0. The van der Waals surface area contributed by atoms with Crippen molar-refractivity contribution in [1.29, 1.82) is 0 Å². The predicted octanol–water partition coefficient (Wildman–Crippen LogP) is 4.78. The van der Waals surface area contributed by atoms with Crippen LogP contribution in [0.4, 0.5) is 0 Å². The van der Waals surface area contributed by atoms with Crippen molar-refractivity contribution in [3.8, 4) is 0 Å². The molecule has 0 aromatic heterocycles. The zero-order valence-electron chi connectivity index (χ0n) is 35.9. The number of hydrogen-bond donors (Lipinski definition) is 7. The molecule has 0 aliphatic carbocycles. The molecule has 7 N–H and O–H groups in total. The number of hydrogen-bond acceptors (Lipinski definition) is 14. The van der Waals surface area contributed by atoms with E-state index in [9.17, 15) is 40.5 Å². The third-order valence-corrected chi connectivity index (χ3v) is 9.95. The molecule has 2 aliphatic heterocycles. The van der Waals surface area contributed by atoms with Crippen LogP contribution in [0.15, 0.2) is 72.9 Å². The lowest BCUT2D eigenvalue weighted by Gasteiger charge is -2.42. The van der Waals surface area contributed by atoms with Crippen molar-refractivity contribution in [2.75, 3.05) is 33.0 Å². The molecule has 14 nitrogen and oxygen atoms in total. The molecule has 2 heterocycles. The smallest absolute Gasteiger partial charge is 0.306 e. The molecule has 0 saturated carbocycles. The standard InChI is InChI=1S/C46H76O14/c1-3-5-7-9-11-13-15-16-17-18-19-20-22-24-26-28-30-55-32-35(58-38(48)29-27-25-23-21-14-12-10-8-6-4-2)33-56-45-44(54)42(52)40(50)37(60-45)34-57-46-43(53)41(51)39(49)36(31-47)59-46/h5,7-8,10-11,13,16-17,19-20,24,26,35-37,39-47,49-54H,3-4,6,9,12,14-15,18,21-23,25,27-34H2,1-2H3/b7-5-,10-8-,13-11-,17-16-,20-19-,26-24-. The van der Waals surface area contributed by atoms with Crippen molar-refractivity contribution in [2.45, 2.75) is 178 Å². The molecule has 60 heavy (non-hydrogen) atoms. The van der Waals surface area contributed by atoms with Gasteiger partial charge in [-0.25, -0.2) is 0 Å². The minimum absolute atomic E-state index is 0.000359. The largest absolute Gasteiger partial charge is 0.457 e. The minimum atomic E-state index is -1.72. The minimum Gasteiger partial charge on any atom is -0.457 e. The first kappa shape index (κ1) is 53.6. The van der Waals surface area contributed by atoms with Crippen LogP contribution in [0.3, 0.4) is 0 Å². The van der Waals surface area contributed by atoms with Crippen LogP contribution in [0, 0.1) is 0 Å². The zero-order valence-corrected chi connectivity index (χ0v) is 35.9. The highest BCUT2D eigenvalue weighted by atomic mass is 16.7. The number of unbranched alkanes of at least 4 members (excludes halogenated alkanes) is 6. The molecule has 0 bridgehead atoms. The van der Waals surface area contributed by atoms with Crippen LogP contribution < -0.4 is 0 Å². The molecule has 2 fully saturated rings. The van der Waals surface area contributed by atoms with Gasteiger partial charge in [-0.3, -0.25) is 4.79 Å². The number of carbonyl (C=O) groups is 1. The second-order valence-electron chi connectivity index (χ2n) is 15.1. The summed E-state index contributed by atoms with van der Waals surface area (Å²) in [6.07, 6.45) is 22.9. The van der Waals surface area contributed by atoms with Gasteiger partial charge in [0.25, 0.3) is 0 Å². The molecule has 14 heteroatoms. The maximum Gasteiger partial charge on any atom is 0.306 e. The van der Waals surface area contributed by atoms with Crippen LogP contribution >= 0.6 is 0 Å². The van der Waals surface area contributed by atoms with Gasteiger partial charge in [0.15, 0.2) is 12.6 Å². The number of carbonyl (C=O) groups excluding carboxylic acids is 1. The number of esters is 1. The molecular weight excluding hydrogens is 776 g/mol. The van der Waals surface area contributed by atoms with E-state index in [0.717, 1.165) is 77.0 Å². The third-order valence-electron chi connectivity index (χ3n) is 9.95. The number of aliphatic hydroxyl groups excluding tert-OH is 7. The first-order valence-corrected chi connectivity index (χ1v) is 22.0. The SMILES string of the molecule is CC/C=C\C/C=C\C/C=C\C/C=C\C/C=C\CCOCC(COC1OC(COC2OC(CO)C(O)C(O)C2O)C(O)C(O)C1O)OC(=O)CCCCCCC/C=C\CCC. The van der Waals surface area contributed by atoms with Crippen LogP contribution in [0.1, 0.15) is 110 Å². The Morgan fingerprint density at radius 2 is 1.08 bits per heavy atom. The Balaban J connectivity index is 1.86. The lowest BCUT2D eigenvalue weighted by atomic mass is 9.98. The molecule has 0 spiro atoms. The normalized spacial score (nSPS) is 28.4. The fourth-order valence-electron chi connectivity index (χ4n) is 6.35. The highest BCUT2D eigenvalue weighted by Gasteiger charge is 2.47. The van der Waals surface area contributed by atoms with Gasteiger partial charge in [0.1, 0.15) is 54.9 Å². The van der Waals surface area contributed by atoms with E-state index in [1.54, 1.807) is 0 Å². The second-order valence-corrected chi connectivity index (χ2v) is 15.1. The second kappa shape index (κ2) is 34.0. The highest BCUT2D eigenvalue weighted by molar-refractivity contribution is 5.69. The summed E-state index contributed by atoms with van der Waals surface area (Å²) in [7, 11) is 0. The van der Waals surface area contributed by atoms with Gasteiger partial charge in [-0.2, -0.15) is 0 Å². The Morgan fingerprint density at radius 1 is 0.567 bits per heavy atom. The molecule has 344 valence electrons. The lowest BCUT2D eigenvalue weighted by molar-refractivity contribution is -0.332. The zero-order chi connectivity index (χ0) is 43.8. The molecule has 0 radical (unpaired) electrons. The number of ether oxygens (including phenoxy) is 6. The molecule has 11 atom stereocenters. The number of allylic oxidation sites excluding steroid dienone is 11. The van der Waals surface area contributed by atoms with Gasteiger partial charge in [0.05, 0.1) is 33.0 Å². The van der Waals surface area contributed by atoms with Gasteiger partial charge in [-0.05, 0) is 64.2 Å².